The van der Waals surface area contributed by atoms with E-state index >= 15 is 0 Å². The molecule has 1 aliphatic rings. The van der Waals surface area contributed by atoms with Crippen LogP contribution in [0.1, 0.15) is 23.5 Å². The monoisotopic (exact) mass is 394 g/mol. The molecule has 1 fully saturated rings. The summed E-state index contributed by atoms with van der Waals surface area (Å²) in [7, 11) is 1.69. The lowest BCUT2D eigenvalue weighted by molar-refractivity contribution is 0.163. The predicted octanol–water partition coefficient (Wildman–Crippen LogP) is 3.20. The van der Waals surface area contributed by atoms with Crippen LogP contribution in [0.25, 0.3) is 5.69 Å². The molecular formula is C21H22N4O2S. The third kappa shape index (κ3) is 3.46. The molecule has 2 N–H and O–H groups in total. The van der Waals surface area contributed by atoms with Crippen LogP contribution < -0.4 is 5.32 Å². The van der Waals surface area contributed by atoms with E-state index in [-0.39, 0.29) is 17.8 Å². The topological polar surface area (TPSA) is 62.5 Å². The average Bonchev–Trinajstić information content (AvgIpc) is 3.32. The van der Waals surface area contributed by atoms with Crippen LogP contribution in [0.15, 0.2) is 67.0 Å². The van der Waals surface area contributed by atoms with Crippen LogP contribution in [0.2, 0.25) is 0 Å². The standard InChI is InChI=1S/C21H22N4O2S/c1-27-14-13-25-20(19(23-21(25)28)17-5-2-3-11-22-17)18-6-4-12-24(18)15-7-9-16(26)10-8-15/h2-12,19-20,26H,13-14H2,1H3,(H,23,28)/t19-,20+/m0/s1. The molecule has 0 aliphatic carbocycles. The number of ether oxygens (including phenoxy) is 1. The maximum atomic E-state index is 9.63. The number of phenols is 1. The summed E-state index contributed by atoms with van der Waals surface area (Å²) in [5, 5.41) is 13.8. The minimum absolute atomic E-state index is 0.0404. The summed E-state index contributed by atoms with van der Waals surface area (Å²) in [6, 6.07) is 17.1. The van der Waals surface area contributed by atoms with E-state index in [2.05, 4.69) is 25.8 Å². The number of benzene rings is 1. The summed E-state index contributed by atoms with van der Waals surface area (Å²) >= 11 is 5.65. The first-order valence-electron chi connectivity index (χ1n) is 9.12. The molecule has 2 aromatic heterocycles. The van der Waals surface area contributed by atoms with Crippen molar-refractivity contribution in [2.24, 2.45) is 0 Å². The number of methoxy groups -OCH3 is 1. The molecule has 0 radical (unpaired) electrons. The molecule has 3 heterocycles. The highest BCUT2D eigenvalue weighted by molar-refractivity contribution is 7.80. The Hall–Kier alpha value is -2.90. The molecular weight excluding hydrogens is 372 g/mol. The van der Waals surface area contributed by atoms with Crippen molar-refractivity contribution in [2.75, 3.05) is 20.3 Å². The second kappa shape index (κ2) is 8.00. The van der Waals surface area contributed by atoms with Crippen molar-refractivity contribution in [3.05, 3.63) is 78.4 Å². The van der Waals surface area contributed by atoms with E-state index in [0.717, 1.165) is 17.1 Å². The molecule has 0 unspecified atom stereocenters. The van der Waals surface area contributed by atoms with E-state index in [1.165, 1.54) is 0 Å². The van der Waals surface area contributed by atoms with Gasteiger partial charge in [-0.15, -0.1) is 0 Å². The van der Waals surface area contributed by atoms with Gasteiger partial charge in [-0.1, -0.05) is 6.07 Å². The van der Waals surface area contributed by atoms with Crippen molar-refractivity contribution in [2.45, 2.75) is 12.1 Å². The number of pyridine rings is 1. The lowest BCUT2D eigenvalue weighted by atomic mass is 10.0. The lowest BCUT2D eigenvalue weighted by Gasteiger charge is -2.28. The number of phenolic OH excluding ortho intramolecular Hbond substituents is 1. The van der Waals surface area contributed by atoms with E-state index in [9.17, 15) is 5.11 Å². The number of rotatable bonds is 6. The Bertz CT molecular complexity index is 943. The summed E-state index contributed by atoms with van der Waals surface area (Å²) in [6.07, 6.45) is 3.82. The van der Waals surface area contributed by atoms with Crippen molar-refractivity contribution in [3.8, 4) is 11.4 Å². The van der Waals surface area contributed by atoms with Gasteiger partial charge in [0.2, 0.25) is 0 Å². The fourth-order valence-corrected chi connectivity index (χ4v) is 3.97. The Morgan fingerprint density at radius 3 is 2.68 bits per heavy atom. The second-order valence-corrected chi connectivity index (χ2v) is 7.02. The molecule has 1 aliphatic heterocycles. The van der Waals surface area contributed by atoms with Gasteiger partial charge in [0.15, 0.2) is 5.11 Å². The average molecular weight is 395 g/mol. The first-order chi connectivity index (χ1) is 13.7. The Morgan fingerprint density at radius 2 is 1.96 bits per heavy atom. The van der Waals surface area contributed by atoms with Gasteiger partial charge < -0.3 is 24.6 Å². The maximum absolute atomic E-state index is 9.63. The van der Waals surface area contributed by atoms with E-state index in [4.69, 9.17) is 17.0 Å². The quantitative estimate of drug-likeness (QED) is 0.626. The summed E-state index contributed by atoms with van der Waals surface area (Å²) in [5.74, 6) is 0.245. The predicted molar refractivity (Wildman–Crippen MR) is 111 cm³/mol. The molecule has 0 saturated carbocycles. The fourth-order valence-electron chi connectivity index (χ4n) is 3.64. The molecule has 1 aromatic carbocycles. The molecule has 4 rings (SSSR count). The molecule has 0 amide bonds. The molecule has 7 heteroatoms. The van der Waals surface area contributed by atoms with E-state index < -0.39 is 0 Å². The molecule has 144 valence electrons. The number of nitrogens with one attached hydrogen (secondary N) is 1. The Balaban J connectivity index is 1.78. The van der Waals surface area contributed by atoms with Gasteiger partial charge in [-0.05, 0) is 60.7 Å². The summed E-state index contributed by atoms with van der Waals surface area (Å²) < 4.78 is 7.43. The molecule has 0 spiro atoms. The zero-order valence-corrected chi connectivity index (χ0v) is 16.3. The Labute approximate surface area is 169 Å². The van der Waals surface area contributed by atoms with Gasteiger partial charge in [0.25, 0.3) is 0 Å². The smallest absolute Gasteiger partial charge is 0.170 e. The van der Waals surface area contributed by atoms with Gasteiger partial charge in [-0.25, -0.2) is 0 Å². The number of aromatic hydroxyl groups is 1. The number of nitrogens with zero attached hydrogens (tertiary/aromatic N) is 3. The zero-order valence-electron chi connectivity index (χ0n) is 15.5. The number of aromatic nitrogens is 2. The van der Waals surface area contributed by atoms with Gasteiger partial charge in [-0.2, -0.15) is 0 Å². The summed E-state index contributed by atoms with van der Waals surface area (Å²) in [6.45, 7) is 1.25. The number of thiocarbonyl (C=S) groups is 1. The van der Waals surface area contributed by atoms with Gasteiger partial charge in [0.05, 0.1) is 24.4 Å². The highest BCUT2D eigenvalue weighted by atomic mass is 32.1. The lowest BCUT2D eigenvalue weighted by Crippen LogP contribution is -2.33. The summed E-state index contributed by atoms with van der Waals surface area (Å²) in [5.41, 5.74) is 3.00. The van der Waals surface area contributed by atoms with Crippen LogP contribution in [0.3, 0.4) is 0 Å². The third-order valence-corrected chi connectivity index (χ3v) is 5.30. The normalized spacial score (nSPS) is 19.0. The molecule has 3 aromatic rings. The van der Waals surface area contributed by atoms with Crippen LogP contribution >= 0.6 is 12.2 Å². The minimum Gasteiger partial charge on any atom is -0.508 e. The van der Waals surface area contributed by atoms with Crippen molar-refractivity contribution < 1.29 is 9.84 Å². The minimum atomic E-state index is -0.0729. The first kappa shape index (κ1) is 18.5. The van der Waals surface area contributed by atoms with Crippen molar-refractivity contribution in [3.63, 3.8) is 0 Å². The SMILES string of the molecule is COCCN1C(=S)N[C@@H](c2ccccn2)[C@H]1c1cccn1-c1ccc(O)cc1. The number of hydrogen-bond acceptors (Lipinski definition) is 4. The summed E-state index contributed by atoms with van der Waals surface area (Å²) in [4.78, 5) is 6.72. The van der Waals surface area contributed by atoms with Crippen LogP contribution in [-0.4, -0.2) is 44.9 Å². The van der Waals surface area contributed by atoms with Gasteiger partial charge in [-0.3, -0.25) is 4.98 Å². The highest BCUT2D eigenvalue weighted by Gasteiger charge is 2.40. The van der Waals surface area contributed by atoms with Gasteiger partial charge in [0, 0.05) is 37.4 Å². The molecule has 2 atom stereocenters. The van der Waals surface area contributed by atoms with Crippen molar-refractivity contribution in [1.29, 1.82) is 0 Å². The number of hydrogen-bond donors (Lipinski definition) is 2. The van der Waals surface area contributed by atoms with Crippen LogP contribution in [0.4, 0.5) is 0 Å². The molecule has 1 saturated heterocycles. The fraction of sp³-hybridized carbons (Fsp3) is 0.238. The molecule has 28 heavy (non-hydrogen) atoms. The van der Waals surface area contributed by atoms with E-state index in [1.807, 2.05) is 42.6 Å². The molecule has 6 nitrogen and oxygen atoms in total. The Kier molecular flexibility index (Phi) is 5.27. The van der Waals surface area contributed by atoms with E-state index in [0.29, 0.717) is 18.3 Å². The Morgan fingerprint density at radius 1 is 1.14 bits per heavy atom. The largest absolute Gasteiger partial charge is 0.508 e. The first-order valence-corrected chi connectivity index (χ1v) is 9.53. The van der Waals surface area contributed by atoms with Gasteiger partial charge >= 0.3 is 0 Å². The van der Waals surface area contributed by atoms with E-state index in [1.54, 1.807) is 25.4 Å². The zero-order chi connectivity index (χ0) is 19.5. The van der Waals surface area contributed by atoms with Crippen LogP contribution in [-0.2, 0) is 4.74 Å². The third-order valence-electron chi connectivity index (χ3n) is 4.95. The van der Waals surface area contributed by atoms with Crippen molar-refractivity contribution in [1.82, 2.24) is 19.8 Å². The van der Waals surface area contributed by atoms with Crippen LogP contribution in [0.5, 0.6) is 5.75 Å². The second-order valence-electron chi connectivity index (χ2n) is 6.63. The highest BCUT2D eigenvalue weighted by Crippen LogP contribution is 2.39. The molecule has 0 bridgehead atoms. The maximum Gasteiger partial charge on any atom is 0.170 e. The van der Waals surface area contributed by atoms with Crippen molar-refractivity contribution >= 4 is 17.3 Å². The van der Waals surface area contributed by atoms with Crippen LogP contribution in [0, 0.1) is 0 Å². The van der Waals surface area contributed by atoms with Gasteiger partial charge in [0.1, 0.15) is 5.75 Å².